The van der Waals surface area contributed by atoms with Crippen LogP contribution in [-0.4, -0.2) is 24.4 Å². The van der Waals surface area contributed by atoms with E-state index >= 15 is 0 Å². The largest absolute Gasteiger partial charge is 0.573 e. The minimum atomic E-state index is -4.68. The molecular weight excluding hydrogens is 407 g/mol. The second-order valence-electron chi connectivity index (χ2n) is 7.48. The lowest BCUT2D eigenvalue weighted by Crippen LogP contribution is -2.25. The quantitative estimate of drug-likeness (QED) is 0.633. The summed E-state index contributed by atoms with van der Waals surface area (Å²) in [6.07, 6.45) is -4.68. The van der Waals surface area contributed by atoms with E-state index in [1.54, 1.807) is 6.07 Å². The van der Waals surface area contributed by atoms with E-state index in [0.29, 0.717) is 16.3 Å². The molecule has 138 valence electrons. The van der Waals surface area contributed by atoms with Gasteiger partial charge in [0.2, 0.25) is 0 Å². The van der Waals surface area contributed by atoms with E-state index in [1.807, 2.05) is 24.3 Å². The van der Waals surface area contributed by atoms with Crippen LogP contribution < -0.4 is 4.74 Å². The van der Waals surface area contributed by atoms with Crippen LogP contribution >= 0.6 is 15.9 Å². The Morgan fingerprint density at radius 2 is 1.92 bits per heavy atom. The first-order chi connectivity index (χ1) is 12.3. The van der Waals surface area contributed by atoms with Crippen LogP contribution in [0.1, 0.15) is 24.0 Å². The van der Waals surface area contributed by atoms with Gasteiger partial charge in [-0.3, -0.25) is 4.90 Å². The molecule has 4 rings (SSSR count). The van der Waals surface area contributed by atoms with Crippen molar-refractivity contribution in [2.24, 2.45) is 11.3 Å². The molecule has 3 unspecified atom stereocenters. The molecule has 3 atom stereocenters. The molecule has 2 aromatic rings. The number of rotatable bonds is 4. The highest BCUT2D eigenvalue weighted by atomic mass is 79.9. The second-order valence-corrected chi connectivity index (χ2v) is 8.34. The molecule has 2 nitrogen and oxygen atoms in total. The Hall–Kier alpha value is -1.53. The summed E-state index contributed by atoms with van der Waals surface area (Å²) in [4.78, 5) is 2.43. The van der Waals surface area contributed by atoms with Crippen LogP contribution in [0, 0.1) is 11.3 Å². The Morgan fingerprint density at radius 1 is 1.19 bits per heavy atom. The van der Waals surface area contributed by atoms with Crippen molar-refractivity contribution in [3.63, 3.8) is 0 Å². The standard InChI is InChI=1S/C20H19BrF3NO/c1-19-12-25(10-13-5-3-2-4-6-13)11-15(19)18(19)14-7-8-16(21)17(9-14)26-20(22,23)24/h2-9,15,18H,10-12H2,1H3. The number of nitrogens with zero attached hydrogens (tertiary/aromatic N) is 1. The molecular formula is C20H19BrF3NO. The lowest BCUT2D eigenvalue weighted by atomic mass is 10.0. The molecule has 0 bridgehead atoms. The molecule has 1 aliphatic carbocycles. The van der Waals surface area contributed by atoms with Gasteiger partial charge in [-0.05, 0) is 56.4 Å². The minimum absolute atomic E-state index is 0.123. The lowest BCUT2D eigenvalue weighted by Gasteiger charge is -2.22. The highest BCUT2D eigenvalue weighted by Crippen LogP contribution is 2.68. The zero-order chi connectivity index (χ0) is 18.5. The third kappa shape index (κ3) is 3.37. The van der Waals surface area contributed by atoms with Gasteiger partial charge < -0.3 is 4.74 Å². The summed E-state index contributed by atoms with van der Waals surface area (Å²) >= 11 is 3.14. The predicted octanol–water partition coefficient (Wildman–Crippen LogP) is 5.58. The maximum atomic E-state index is 12.6. The van der Waals surface area contributed by atoms with Gasteiger partial charge in [0.05, 0.1) is 4.47 Å². The molecule has 0 aromatic heterocycles. The fourth-order valence-electron chi connectivity index (χ4n) is 4.51. The summed E-state index contributed by atoms with van der Waals surface area (Å²) < 4.78 is 42.2. The first kappa shape index (κ1) is 17.9. The Balaban J connectivity index is 1.46. The molecule has 2 aliphatic rings. The van der Waals surface area contributed by atoms with Gasteiger partial charge in [-0.25, -0.2) is 0 Å². The average molecular weight is 426 g/mol. The molecule has 2 fully saturated rings. The van der Waals surface area contributed by atoms with E-state index in [4.69, 9.17) is 0 Å². The highest BCUT2D eigenvalue weighted by molar-refractivity contribution is 9.10. The van der Waals surface area contributed by atoms with Gasteiger partial charge in [0, 0.05) is 19.6 Å². The van der Waals surface area contributed by atoms with Crippen LogP contribution in [-0.2, 0) is 6.54 Å². The number of alkyl halides is 3. The molecule has 1 aliphatic heterocycles. The Bertz CT molecular complexity index is 810. The SMILES string of the molecule is CC12CN(Cc3ccccc3)CC1C2c1ccc(Br)c(OC(F)(F)F)c1. The van der Waals surface area contributed by atoms with Gasteiger partial charge in [-0.2, -0.15) is 0 Å². The number of fused-ring (bicyclic) bond motifs is 1. The van der Waals surface area contributed by atoms with Gasteiger partial charge in [0.15, 0.2) is 0 Å². The summed E-state index contributed by atoms with van der Waals surface area (Å²) in [5, 5.41) is 0. The predicted molar refractivity (Wildman–Crippen MR) is 96.9 cm³/mol. The van der Waals surface area contributed by atoms with Crippen LogP contribution in [0.15, 0.2) is 53.0 Å². The van der Waals surface area contributed by atoms with Crippen molar-refractivity contribution in [1.82, 2.24) is 4.90 Å². The lowest BCUT2D eigenvalue weighted by molar-refractivity contribution is -0.274. The van der Waals surface area contributed by atoms with E-state index in [-0.39, 0.29) is 11.2 Å². The molecule has 1 heterocycles. The Kier molecular flexibility index (Phi) is 4.31. The van der Waals surface area contributed by atoms with Crippen molar-refractivity contribution in [2.75, 3.05) is 13.1 Å². The maximum absolute atomic E-state index is 12.6. The molecule has 6 heteroatoms. The summed E-state index contributed by atoms with van der Waals surface area (Å²) in [6.45, 7) is 5.09. The average Bonchev–Trinajstić information content (AvgIpc) is 2.97. The molecule has 0 amide bonds. The smallest absolute Gasteiger partial charge is 0.405 e. The van der Waals surface area contributed by atoms with Crippen molar-refractivity contribution in [1.29, 1.82) is 0 Å². The number of halogens is 4. The summed E-state index contributed by atoms with van der Waals surface area (Å²) in [5.41, 5.74) is 2.34. The highest BCUT2D eigenvalue weighted by Gasteiger charge is 2.65. The van der Waals surface area contributed by atoms with Crippen LogP contribution in [0.4, 0.5) is 13.2 Å². The van der Waals surface area contributed by atoms with Crippen LogP contribution in [0.2, 0.25) is 0 Å². The van der Waals surface area contributed by atoms with E-state index in [9.17, 15) is 13.2 Å². The van der Waals surface area contributed by atoms with Crippen molar-refractivity contribution in [3.8, 4) is 5.75 Å². The number of piperidine rings is 1. The van der Waals surface area contributed by atoms with Gasteiger partial charge >= 0.3 is 6.36 Å². The van der Waals surface area contributed by atoms with Crippen molar-refractivity contribution in [3.05, 3.63) is 64.1 Å². The summed E-state index contributed by atoms with van der Waals surface area (Å²) in [6, 6.07) is 15.4. The van der Waals surface area contributed by atoms with E-state index < -0.39 is 6.36 Å². The first-order valence-electron chi connectivity index (χ1n) is 8.58. The van der Waals surface area contributed by atoms with Crippen molar-refractivity contribution >= 4 is 15.9 Å². The molecule has 0 radical (unpaired) electrons. The van der Waals surface area contributed by atoms with Crippen LogP contribution in [0.3, 0.4) is 0 Å². The van der Waals surface area contributed by atoms with Crippen molar-refractivity contribution < 1.29 is 17.9 Å². The monoisotopic (exact) mass is 425 g/mol. The van der Waals surface area contributed by atoms with Crippen LogP contribution in [0.25, 0.3) is 0 Å². The number of likely N-dealkylation sites (tertiary alicyclic amines) is 1. The van der Waals surface area contributed by atoms with Crippen LogP contribution in [0.5, 0.6) is 5.75 Å². The van der Waals surface area contributed by atoms with E-state index in [2.05, 4.69) is 44.6 Å². The second kappa shape index (κ2) is 6.27. The number of benzene rings is 2. The molecule has 1 saturated carbocycles. The topological polar surface area (TPSA) is 12.5 Å². The summed E-state index contributed by atoms with van der Waals surface area (Å²) in [7, 11) is 0. The normalized spacial score (nSPS) is 28.0. The van der Waals surface area contributed by atoms with E-state index in [1.165, 1.54) is 11.6 Å². The maximum Gasteiger partial charge on any atom is 0.573 e. The van der Waals surface area contributed by atoms with Gasteiger partial charge in [-0.15, -0.1) is 13.2 Å². The van der Waals surface area contributed by atoms with Gasteiger partial charge in [0.1, 0.15) is 5.75 Å². The Labute approximate surface area is 159 Å². The molecule has 0 N–H and O–H groups in total. The third-order valence-corrected chi connectivity index (χ3v) is 6.31. The van der Waals surface area contributed by atoms with Crippen molar-refractivity contribution in [2.45, 2.75) is 25.7 Å². The molecule has 1 saturated heterocycles. The summed E-state index contributed by atoms with van der Waals surface area (Å²) in [5.74, 6) is 0.606. The third-order valence-electron chi connectivity index (χ3n) is 5.66. The first-order valence-corrected chi connectivity index (χ1v) is 9.37. The number of hydrogen-bond donors (Lipinski definition) is 0. The van der Waals surface area contributed by atoms with Gasteiger partial charge in [-0.1, -0.05) is 43.3 Å². The fourth-order valence-corrected chi connectivity index (χ4v) is 4.83. The van der Waals surface area contributed by atoms with E-state index in [0.717, 1.165) is 25.2 Å². The molecule has 26 heavy (non-hydrogen) atoms. The molecule has 2 aromatic carbocycles. The number of ether oxygens (including phenoxy) is 1. The number of hydrogen-bond acceptors (Lipinski definition) is 2. The Morgan fingerprint density at radius 3 is 2.54 bits per heavy atom. The van der Waals surface area contributed by atoms with Gasteiger partial charge in [0.25, 0.3) is 0 Å². The zero-order valence-electron chi connectivity index (χ0n) is 14.3. The zero-order valence-corrected chi connectivity index (χ0v) is 15.8. The minimum Gasteiger partial charge on any atom is -0.405 e. The fraction of sp³-hybridized carbons (Fsp3) is 0.400. The molecule has 0 spiro atoms.